The Labute approximate surface area is 193 Å². The first-order valence-corrected chi connectivity index (χ1v) is 11.4. The maximum absolute atomic E-state index is 11.2. The van der Waals surface area contributed by atoms with Crippen LogP contribution in [0.5, 0.6) is 11.5 Å². The van der Waals surface area contributed by atoms with Gasteiger partial charge in [-0.1, -0.05) is 60.5 Å². The van der Waals surface area contributed by atoms with Crippen molar-refractivity contribution >= 4 is 29.0 Å². The molecule has 0 heterocycles. The zero-order valence-electron chi connectivity index (χ0n) is 18.7. The number of hydrogen-bond acceptors (Lipinski definition) is 5. The highest BCUT2D eigenvalue weighted by Crippen LogP contribution is 2.39. The van der Waals surface area contributed by atoms with Crippen LogP contribution in [0, 0.1) is 0 Å². The molecule has 1 N–H and O–H groups in total. The van der Waals surface area contributed by atoms with Crippen molar-refractivity contribution in [3.8, 4) is 33.8 Å². The predicted octanol–water partition coefficient (Wildman–Crippen LogP) is 6.49. The summed E-state index contributed by atoms with van der Waals surface area (Å²) < 4.78 is 13.8. The van der Waals surface area contributed by atoms with E-state index in [1.54, 1.807) is 32.2 Å². The van der Waals surface area contributed by atoms with Gasteiger partial charge in [0.1, 0.15) is 17.8 Å². The molecule has 0 spiro atoms. The fourth-order valence-electron chi connectivity index (χ4n) is 3.53. The van der Waals surface area contributed by atoms with Gasteiger partial charge in [-0.2, -0.15) is 0 Å². The van der Waals surface area contributed by atoms with E-state index in [0.717, 1.165) is 50.8 Å². The molecular formula is C27H27NO3S. The van der Waals surface area contributed by atoms with Crippen molar-refractivity contribution in [3.05, 3.63) is 84.4 Å². The molecule has 0 saturated carbocycles. The van der Waals surface area contributed by atoms with Crippen LogP contribution in [0.25, 0.3) is 33.0 Å². The lowest BCUT2D eigenvalue weighted by molar-refractivity contribution is 0.112. The number of aldehydes is 1. The number of methoxy groups -OCH3 is 2. The molecule has 4 aromatic carbocycles. The van der Waals surface area contributed by atoms with Gasteiger partial charge in [0, 0.05) is 11.1 Å². The number of nitrogens with one attached hydrogen (secondary N) is 1. The lowest BCUT2D eigenvalue weighted by atomic mass is 9.93. The van der Waals surface area contributed by atoms with E-state index in [0.29, 0.717) is 5.56 Å². The summed E-state index contributed by atoms with van der Waals surface area (Å²) in [5.74, 6) is 1.61. The Morgan fingerprint density at radius 1 is 0.812 bits per heavy atom. The molecule has 0 saturated heterocycles. The van der Waals surface area contributed by atoms with Crippen molar-refractivity contribution in [2.75, 3.05) is 27.5 Å². The SMILES string of the molecule is CNSC.COc1cccc(-c2ccc3c(-c4cccc(C=O)c4)c(OC)ccc3c2)c1. The number of carbonyl (C=O) groups excluding carboxylic acids is 1. The van der Waals surface area contributed by atoms with Crippen LogP contribution in [0.2, 0.25) is 0 Å². The third-order valence-corrected chi connectivity index (χ3v) is 5.53. The molecule has 0 aliphatic heterocycles. The molecule has 32 heavy (non-hydrogen) atoms. The highest BCUT2D eigenvalue weighted by atomic mass is 32.2. The Balaban J connectivity index is 0.000000668. The van der Waals surface area contributed by atoms with Crippen LogP contribution in [-0.4, -0.2) is 33.8 Å². The monoisotopic (exact) mass is 445 g/mol. The standard InChI is InChI=1S/C25H20O3.C2H7NS/c1-27-22-8-4-6-18(15-22)19-9-11-23-20(14-19)10-12-24(28-2)25(23)21-7-3-5-17(13-21)16-26;1-3-4-2/h3-16H,1-2H3;3H,1-2H3. The zero-order chi connectivity index (χ0) is 22.9. The van der Waals surface area contributed by atoms with Crippen molar-refractivity contribution in [3.63, 3.8) is 0 Å². The predicted molar refractivity (Wildman–Crippen MR) is 136 cm³/mol. The third-order valence-electron chi connectivity index (χ3n) is 5.12. The van der Waals surface area contributed by atoms with Gasteiger partial charge in [-0.3, -0.25) is 9.52 Å². The van der Waals surface area contributed by atoms with Crippen LogP contribution in [-0.2, 0) is 0 Å². The molecule has 4 aromatic rings. The summed E-state index contributed by atoms with van der Waals surface area (Å²) in [5, 5.41) is 2.18. The topological polar surface area (TPSA) is 47.6 Å². The molecule has 0 unspecified atom stereocenters. The smallest absolute Gasteiger partial charge is 0.150 e. The molecule has 0 amide bonds. The van der Waals surface area contributed by atoms with Crippen LogP contribution < -0.4 is 14.2 Å². The molecule has 0 bridgehead atoms. The van der Waals surface area contributed by atoms with E-state index in [1.807, 2.05) is 55.8 Å². The number of ether oxygens (including phenoxy) is 2. The highest BCUT2D eigenvalue weighted by molar-refractivity contribution is 7.96. The molecular weight excluding hydrogens is 418 g/mol. The maximum atomic E-state index is 11.2. The summed E-state index contributed by atoms with van der Waals surface area (Å²) in [6.45, 7) is 0. The van der Waals surface area contributed by atoms with Gasteiger partial charge in [-0.15, -0.1) is 0 Å². The quantitative estimate of drug-likeness (QED) is 0.272. The fraction of sp³-hybridized carbons (Fsp3) is 0.148. The van der Waals surface area contributed by atoms with E-state index >= 15 is 0 Å². The molecule has 4 nitrogen and oxygen atoms in total. The molecule has 0 radical (unpaired) electrons. The second-order valence-corrected chi connectivity index (χ2v) is 7.78. The summed E-state index contributed by atoms with van der Waals surface area (Å²) in [5.41, 5.74) is 4.80. The number of carbonyl (C=O) groups is 1. The third kappa shape index (κ3) is 5.31. The van der Waals surface area contributed by atoms with Crippen molar-refractivity contribution < 1.29 is 14.3 Å². The Bertz CT molecular complexity index is 1200. The number of benzene rings is 4. The molecule has 0 aliphatic rings. The van der Waals surface area contributed by atoms with Gasteiger partial charge in [-0.25, -0.2) is 0 Å². The Hall–Kier alpha value is -3.28. The van der Waals surface area contributed by atoms with E-state index in [9.17, 15) is 4.79 Å². The van der Waals surface area contributed by atoms with Gasteiger partial charge >= 0.3 is 0 Å². The lowest BCUT2D eigenvalue weighted by Gasteiger charge is -2.14. The van der Waals surface area contributed by atoms with Crippen LogP contribution in [0.15, 0.2) is 78.9 Å². The Kier molecular flexibility index (Phi) is 8.31. The molecule has 5 heteroatoms. The number of hydrogen-bond donors (Lipinski definition) is 1. The fourth-order valence-corrected chi connectivity index (χ4v) is 3.53. The van der Waals surface area contributed by atoms with Gasteiger partial charge in [0.05, 0.1) is 14.2 Å². The summed E-state index contributed by atoms with van der Waals surface area (Å²) in [6, 6.07) is 26.0. The molecule has 0 aliphatic carbocycles. The van der Waals surface area contributed by atoms with E-state index in [4.69, 9.17) is 9.47 Å². The van der Waals surface area contributed by atoms with Gasteiger partial charge in [0.15, 0.2) is 0 Å². The van der Waals surface area contributed by atoms with E-state index < -0.39 is 0 Å². The minimum absolute atomic E-state index is 0.643. The maximum Gasteiger partial charge on any atom is 0.150 e. The summed E-state index contributed by atoms with van der Waals surface area (Å²) >= 11 is 1.61. The summed E-state index contributed by atoms with van der Waals surface area (Å²) in [4.78, 5) is 11.2. The normalized spacial score (nSPS) is 10.2. The molecule has 164 valence electrons. The van der Waals surface area contributed by atoms with Gasteiger partial charge in [0.2, 0.25) is 0 Å². The van der Waals surface area contributed by atoms with Crippen LogP contribution in [0.1, 0.15) is 10.4 Å². The van der Waals surface area contributed by atoms with Gasteiger partial charge in [-0.05, 0) is 71.1 Å². The van der Waals surface area contributed by atoms with Crippen molar-refractivity contribution in [2.45, 2.75) is 0 Å². The van der Waals surface area contributed by atoms with E-state index in [2.05, 4.69) is 35.1 Å². The largest absolute Gasteiger partial charge is 0.497 e. The Morgan fingerprint density at radius 2 is 1.53 bits per heavy atom. The van der Waals surface area contributed by atoms with Gasteiger partial charge in [0.25, 0.3) is 0 Å². The van der Waals surface area contributed by atoms with Crippen molar-refractivity contribution in [1.82, 2.24) is 4.72 Å². The number of fused-ring (bicyclic) bond motifs is 1. The lowest BCUT2D eigenvalue weighted by Crippen LogP contribution is -1.91. The van der Waals surface area contributed by atoms with Crippen molar-refractivity contribution in [1.29, 1.82) is 0 Å². The average molecular weight is 446 g/mol. The van der Waals surface area contributed by atoms with Crippen LogP contribution in [0.3, 0.4) is 0 Å². The molecule has 0 fully saturated rings. The second kappa shape index (κ2) is 11.4. The second-order valence-electron chi connectivity index (χ2n) is 6.96. The average Bonchev–Trinajstić information content (AvgIpc) is 2.87. The molecule has 4 rings (SSSR count). The first kappa shape index (κ1) is 23.4. The zero-order valence-corrected chi connectivity index (χ0v) is 19.5. The minimum Gasteiger partial charge on any atom is -0.497 e. The van der Waals surface area contributed by atoms with Crippen molar-refractivity contribution in [2.24, 2.45) is 0 Å². The first-order chi connectivity index (χ1) is 15.6. The minimum atomic E-state index is 0.643. The van der Waals surface area contributed by atoms with Gasteiger partial charge < -0.3 is 9.47 Å². The highest BCUT2D eigenvalue weighted by Gasteiger charge is 2.12. The Morgan fingerprint density at radius 3 is 2.22 bits per heavy atom. The van der Waals surface area contributed by atoms with E-state index in [1.165, 1.54) is 0 Å². The first-order valence-electron chi connectivity index (χ1n) is 10.2. The summed E-state index contributed by atoms with van der Waals surface area (Å²) in [7, 11) is 5.23. The molecule has 0 atom stereocenters. The number of rotatable bonds is 6. The summed E-state index contributed by atoms with van der Waals surface area (Å²) in [6.07, 6.45) is 2.85. The van der Waals surface area contributed by atoms with Crippen LogP contribution in [0.4, 0.5) is 0 Å². The van der Waals surface area contributed by atoms with E-state index in [-0.39, 0.29) is 0 Å². The molecule has 0 aromatic heterocycles. The van der Waals surface area contributed by atoms with Crippen LogP contribution >= 0.6 is 11.9 Å².